The molecule has 1 rings (SSSR count). The molecule has 0 aliphatic rings. The molecule has 0 saturated carbocycles. The van der Waals surface area contributed by atoms with E-state index in [0.717, 1.165) is 6.07 Å². The topological polar surface area (TPSA) is 28.3 Å². The lowest BCUT2D eigenvalue weighted by molar-refractivity contribution is -0.140. The zero-order valence-corrected chi connectivity index (χ0v) is 10.3. The number of aromatic nitrogens is 1. The average molecular weight is 266 g/mol. The molecule has 7 heteroatoms. The molecule has 0 saturated heterocycles. The predicted molar refractivity (Wildman–Crippen MR) is 61.8 cm³/mol. The van der Waals surface area contributed by atoms with Gasteiger partial charge in [-0.1, -0.05) is 12.2 Å². The summed E-state index contributed by atoms with van der Waals surface area (Å²) in [7, 11) is 1.66. The summed E-state index contributed by atoms with van der Waals surface area (Å²) in [6.45, 7) is 2.60. The van der Waals surface area contributed by atoms with E-state index in [2.05, 4.69) is 4.98 Å². The van der Waals surface area contributed by atoms with Crippen molar-refractivity contribution in [2.24, 2.45) is 0 Å². The van der Waals surface area contributed by atoms with E-state index in [4.69, 9.17) is 17.0 Å². The van der Waals surface area contributed by atoms with Crippen LogP contribution in [0.5, 0.6) is 0 Å². The highest BCUT2D eigenvalue weighted by atomic mass is 32.1. The third-order valence-electron chi connectivity index (χ3n) is 2.07. The Balaban J connectivity index is 2.73. The summed E-state index contributed by atoms with van der Waals surface area (Å²) in [6.07, 6.45) is -3.14. The number of hydrogen-bond donors (Lipinski definition) is 1. The smallest absolute Gasteiger partial charge is 0.361 e. The number of alkyl halides is 3. The highest BCUT2D eigenvalue weighted by Crippen LogP contribution is 2.28. The normalized spacial score (nSPS) is 11.6. The van der Waals surface area contributed by atoms with Gasteiger partial charge >= 0.3 is 6.18 Å². The minimum absolute atomic E-state index is 0.252. The molecule has 1 heterocycles. The predicted octanol–water partition coefficient (Wildman–Crippen LogP) is 2.63. The Morgan fingerprint density at radius 1 is 1.53 bits per heavy atom. The number of rotatable bonds is 4. The van der Waals surface area contributed by atoms with E-state index in [0.29, 0.717) is 17.2 Å². The molecular formula is C10H13F3N2OS. The number of ether oxygens (including phenoxy) is 1. The Morgan fingerprint density at radius 3 is 2.65 bits per heavy atom. The Bertz CT molecular complexity index is 389. The van der Waals surface area contributed by atoms with Crippen LogP contribution < -0.4 is 0 Å². The van der Waals surface area contributed by atoms with Crippen molar-refractivity contribution in [2.75, 3.05) is 20.4 Å². The van der Waals surface area contributed by atoms with Crippen molar-refractivity contribution in [3.05, 3.63) is 23.5 Å². The number of nitrogens with zero attached hydrogens (tertiary/aromatic N) is 1. The second-order valence-electron chi connectivity index (χ2n) is 3.42. The number of H-pyrrole nitrogens is 1. The minimum atomic E-state index is -4.38. The van der Waals surface area contributed by atoms with Gasteiger partial charge in [-0.3, -0.25) is 0 Å². The second-order valence-corrected chi connectivity index (χ2v) is 3.81. The van der Waals surface area contributed by atoms with Crippen molar-refractivity contribution >= 4 is 17.2 Å². The van der Waals surface area contributed by atoms with Gasteiger partial charge in [-0.2, -0.15) is 13.2 Å². The Labute approximate surface area is 103 Å². The van der Waals surface area contributed by atoms with Gasteiger partial charge in [0.1, 0.15) is 17.4 Å². The highest BCUT2D eigenvalue weighted by molar-refractivity contribution is 7.80. The fraction of sp³-hybridized carbons (Fsp3) is 0.500. The molecule has 0 aromatic carbocycles. The monoisotopic (exact) mass is 266 g/mol. The lowest BCUT2D eigenvalue weighted by Crippen LogP contribution is -2.28. The number of thiocarbonyl (C=S) groups is 1. The maximum absolute atomic E-state index is 12.4. The van der Waals surface area contributed by atoms with Crippen molar-refractivity contribution in [1.82, 2.24) is 9.88 Å². The molecule has 0 aliphatic heterocycles. The van der Waals surface area contributed by atoms with Crippen LogP contribution in [0.1, 0.15) is 18.2 Å². The molecular weight excluding hydrogens is 253 g/mol. The van der Waals surface area contributed by atoms with Crippen molar-refractivity contribution in [3.63, 3.8) is 0 Å². The fourth-order valence-corrected chi connectivity index (χ4v) is 1.36. The van der Waals surface area contributed by atoms with E-state index >= 15 is 0 Å². The molecule has 0 spiro atoms. The quantitative estimate of drug-likeness (QED) is 0.671. The summed E-state index contributed by atoms with van der Waals surface area (Å²) >= 11 is 5.05. The molecule has 17 heavy (non-hydrogen) atoms. The molecule has 0 amide bonds. The third kappa shape index (κ3) is 3.71. The molecule has 0 atom stereocenters. The summed E-state index contributed by atoms with van der Waals surface area (Å²) in [6, 6.07) is 0.991. The number of halogens is 3. The highest BCUT2D eigenvalue weighted by Gasteiger charge is 2.32. The van der Waals surface area contributed by atoms with Crippen molar-refractivity contribution in [2.45, 2.75) is 13.1 Å². The summed E-state index contributed by atoms with van der Waals surface area (Å²) in [5.74, 6) is 0. The van der Waals surface area contributed by atoms with Crippen LogP contribution in [0.25, 0.3) is 0 Å². The molecule has 0 bridgehead atoms. The van der Waals surface area contributed by atoms with Crippen LogP contribution in [0.4, 0.5) is 13.2 Å². The summed E-state index contributed by atoms with van der Waals surface area (Å²) in [5.41, 5.74) is -0.478. The lowest BCUT2D eigenvalue weighted by atomic mass is 10.3. The zero-order valence-electron chi connectivity index (χ0n) is 9.47. The summed E-state index contributed by atoms with van der Waals surface area (Å²) in [4.78, 5) is 4.04. The fourth-order valence-electron chi connectivity index (χ4n) is 1.19. The minimum Gasteiger partial charge on any atom is -0.361 e. The number of aromatic amines is 1. The van der Waals surface area contributed by atoms with Crippen LogP contribution >= 0.6 is 12.2 Å². The maximum Gasteiger partial charge on any atom is 0.431 e. The first-order valence-electron chi connectivity index (χ1n) is 4.95. The van der Waals surface area contributed by atoms with Crippen LogP contribution in [-0.2, 0) is 10.9 Å². The van der Waals surface area contributed by atoms with Crippen molar-refractivity contribution in [1.29, 1.82) is 0 Å². The van der Waals surface area contributed by atoms with E-state index in [-0.39, 0.29) is 6.73 Å². The summed E-state index contributed by atoms with van der Waals surface area (Å²) < 4.78 is 42.2. The van der Waals surface area contributed by atoms with Gasteiger partial charge in [-0.25, -0.2) is 0 Å². The van der Waals surface area contributed by atoms with Gasteiger partial charge in [0.05, 0.1) is 0 Å². The van der Waals surface area contributed by atoms with E-state index < -0.39 is 11.9 Å². The zero-order chi connectivity index (χ0) is 13.1. The van der Waals surface area contributed by atoms with Crippen LogP contribution in [-0.4, -0.2) is 35.3 Å². The first-order valence-corrected chi connectivity index (χ1v) is 5.36. The van der Waals surface area contributed by atoms with E-state index in [1.54, 1.807) is 11.9 Å². The maximum atomic E-state index is 12.4. The number of hydrogen-bond acceptors (Lipinski definition) is 2. The first-order chi connectivity index (χ1) is 7.86. The molecule has 1 aromatic heterocycles. The van der Waals surface area contributed by atoms with Crippen LogP contribution in [0.3, 0.4) is 0 Å². The molecule has 0 radical (unpaired) electrons. The Kier molecular flexibility index (Phi) is 4.53. The SMILES string of the molecule is CCOCN(C)C(=S)c1c[nH]c(C(F)(F)F)c1. The average Bonchev–Trinajstić information content (AvgIpc) is 2.73. The molecule has 3 nitrogen and oxygen atoms in total. The van der Waals surface area contributed by atoms with Crippen LogP contribution in [0.15, 0.2) is 12.3 Å². The summed E-state index contributed by atoms with van der Waals surface area (Å²) in [5, 5.41) is 0. The Hall–Kier alpha value is -1.08. The van der Waals surface area contributed by atoms with Gasteiger partial charge in [-0.05, 0) is 13.0 Å². The van der Waals surface area contributed by atoms with Crippen molar-refractivity contribution in [3.8, 4) is 0 Å². The first kappa shape index (κ1) is 14.0. The van der Waals surface area contributed by atoms with Crippen molar-refractivity contribution < 1.29 is 17.9 Å². The lowest BCUT2D eigenvalue weighted by Gasteiger charge is -2.18. The molecule has 0 aliphatic carbocycles. The third-order valence-corrected chi connectivity index (χ3v) is 2.62. The van der Waals surface area contributed by atoms with E-state index in [1.807, 2.05) is 6.92 Å². The van der Waals surface area contributed by atoms with Gasteiger partial charge < -0.3 is 14.6 Å². The van der Waals surface area contributed by atoms with Gasteiger partial charge in [0.2, 0.25) is 0 Å². The Morgan fingerprint density at radius 2 is 2.18 bits per heavy atom. The largest absolute Gasteiger partial charge is 0.431 e. The molecule has 1 aromatic rings. The van der Waals surface area contributed by atoms with Gasteiger partial charge in [0.15, 0.2) is 0 Å². The molecule has 0 unspecified atom stereocenters. The molecule has 1 N–H and O–H groups in total. The van der Waals surface area contributed by atoms with E-state index in [9.17, 15) is 13.2 Å². The standard InChI is InChI=1S/C10H13F3N2OS/c1-3-16-6-15(2)9(17)7-4-8(14-5-7)10(11,12)13/h4-5,14H,3,6H2,1-2H3. The van der Waals surface area contributed by atoms with Gasteiger partial charge in [-0.15, -0.1) is 0 Å². The molecule has 96 valence electrons. The van der Waals surface area contributed by atoms with E-state index in [1.165, 1.54) is 6.20 Å². The second kappa shape index (κ2) is 5.50. The van der Waals surface area contributed by atoms with Crippen LogP contribution in [0.2, 0.25) is 0 Å². The number of nitrogens with one attached hydrogen (secondary N) is 1. The molecule has 0 fully saturated rings. The van der Waals surface area contributed by atoms with Crippen LogP contribution in [0, 0.1) is 0 Å². The van der Waals surface area contributed by atoms with Gasteiger partial charge in [0.25, 0.3) is 0 Å². The van der Waals surface area contributed by atoms with Gasteiger partial charge in [0, 0.05) is 25.4 Å².